The van der Waals surface area contributed by atoms with Crippen LogP contribution in [0.4, 0.5) is 4.39 Å². The van der Waals surface area contributed by atoms with Crippen LogP contribution in [0.2, 0.25) is 0 Å². The normalized spacial score (nSPS) is 10.9. The average Bonchev–Trinajstić information content (AvgIpc) is 3.14. The van der Waals surface area contributed by atoms with Gasteiger partial charge in [0.15, 0.2) is 10.9 Å². The van der Waals surface area contributed by atoms with E-state index in [-0.39, 0.29) is 18.0 Å². The highest BCUT2D eigenvalue weighted by molar-refractivity contribution is 7.99. The van der Waals surface area contributed by atoms with Crippen LogP contribution < -0.4 is 11.2 Å². The molecule has 0 fully saturated rings. The van der Waals surface area contributed by atoms with Gasteiger partial charge in [0, 0.05) is 29.4 Å². The molecule has 156 valence electrons. The smallest absolute Gasteiger partial charge is 0.311 e. The maximum atomic E-state index is 13.4. The third-order valence-corrected chi connectivity index (χ3v) is 5.31. The van der Waals surface area contributed by atoms with Crippen molar-refractivity contribution in [3.63, 3.8) is 0 Å². The maximum Gasteiger partial charge on any atom is 0.325 e. The molecule has 0 atom stereocenters. The van der Waals surface area contributed by atoms with Gasteiger partial charge in [-0.05, 0) is 24.3 Å². The molecule has 0 saturated heterocycles. The molecule has 4 rings (SSSR count). The van der Waals surface area contributed by atoms with Crippen LogP contribution in [0.3, 0.4) is 0 Å². The fourth-order valence-corrected chi connectivity index (χ4v) is 3.85. The Labute approximate surface area is 179 Å². The van der Waals surface area contributed by atoms with Gasteiger partial charge in [0.05, 0.1) is 5.75 Å². The van der Waals surface area contributed by atoms with Gasteiger partial charge >= 0.3 is 5.69 Å². The van der Waals surface area contributed by atoms with Crippen LogP contribution in [-0.4, -0.2) is 36.3 Å². The van der Waals surface area contributed by atoms with E-state index in [1.807, 2.05) is 6.07 Å². The first-order valence-corrected chi connectivity index (χ1v) is 10.2. The summed E-state index contributed by atoms with van der Waals surface area (Å²) in [6, 6.07) is 15.9. The highest BCUT2D eigenvalue weighted by Crippen LogP contribution is 2.24. The van der Waals surface area contributed by atoms with E-state index in [0.717, 1.165) is 0 Å². The summed E-state index contributed by atoms with van der Waals surface area (Å²) in [6.07, 6.45) is 0.108. The van der Waals surface area contributed by atoms with Crippen LogP contribution >= 0.6 is 11.8 Å². The number of benzene rings is 2. The molecule has 0 spiro atoms. The van der Waals surface area contributed by atoms with Crippen molar-refractivity contribution < 1.29 is 9.18 Å². The Bertz CT molecular complexity index is 1300. The Morgan fingerprint density at radius 3 is 2.45 bits per heavy atom. The van der Waals surface area contributed by atoms with Gasteiger partial charge in [0.25, 0.3) is 5.56 Å². The Kier molecular flexibility index (Phi) is 5.89. The highest BCUT2D eigenvalue weighted by atomic mass is 32.2. The van der Waals surface area contributed by atoms with Crippen molar-refractivity contribution in [2.24, 2.45) is 0 Å². The second-order valence-corrected chi connectivity index (χ2v) is 7.52. The number of H-pyrrole nitrogens is 2. The van der Waals surface area contributed by atoms with Crippen LogP contribution in [0.1, 0.15) is 21.9 Å². The minimum absolute atomic E-state index is 0.0697. The minimum Gasteiger partial charge on any atom is -0.311 e. The van der Waals surface area contributed by atoms with Crippen molar-refractivity contribution in [1.82, 2.24) is 24.7 Å². The maximum absolute atomic E-state index is 13.4. The van der Waals surface area contributed by atoms with Crippen LogP contribution in [-0.2, 0) is 6.42 Å². The molecular formula is C21H16FN5O3S. The first kappa shape index (κ1) is 20.5. The first-order valence-electron chi connectivity index (χ1n) is 9.23. The van der Waals surface area contributed by atoms with E-state index in [4.69, 9.17) is 0 Å². The van der Waals surface area contributed by atoms with E-state index in [1.54, 1.807) is 41.0 Å². The van der Waals surface area contributed by atoms with Crippen LogP contribution in [0, 0.1) is 5.82 Å². The molecule has 8 nitrogen and oxygen atoms in total. The lowest BCUT2D eigenvalue weighted by molar-refractivity contribution is 0.102. The number of ketones is 1. The van der Waals surface area contributed by atoms with E-state index >= 15 is 0 Å². The van der Waals surface area contributed by atoms with E-state index < -0.39 is 17.1 Å². The van der Waals surface area contributed by atoms with Gasteiger partial charge in [-0.2, -0.15) is 0 Å². The van der Waals surface area contributed by atoms with Crippen LogP contribution in [0.15, 0.2) is 75.4 Å². The molecule has 0 radical (unpaired) electrons. The summed E-state index contributed by atoms with van der Waals surface area (Å²) in [5.41, 5.74) is 0.363. The minimum atomic E-state index is -0.626. The Hall–Kier alpha value is -3.79. The summed E-state index contributed by atoms with van der Waals surface area (Å²) in [4.78, 5) is 40.3. The van der Waals surface area contributed by atoms with Crippen LogP contribution in [0.5, 0.6) is 0 Å². The van der Waals surface area contributed by atoms with Crippen molar-refractivity contribution in [2.45, 2.75) is 11.6 Å². The number of Topliss-reactive ketones (excluding diaryl/α,β-unsaturated/α-hetero) is 1. The summed E-state index contributed by atoms with van der Waals surface area (Å²) in [5, 5.41) is 8.78. The van der Waals surface area contributed by atoms with Gasteiger partial charge in [-0.1, -0.05) is 42.1 Å². The molecule has 2 aromatic carbocycles. The SMILES string of the molecule is O=C(CSc1nnc(Cc2cc(=O)[nH]c(=O)[nH]2)n1-c1ccc(F)cc1)c1ccccc1. The number of carbonyl (C=O) groups is 1. The number of nitrogens with one attached hydrogen (secondary N) is 2. The van der Waals surface area contributed by atoms with Crippen molar-refractivity contribution in [3.8, 4) is 5.69 Å². The topological polar surface area (TPSA) is 114 Å². The molecule has 4 aromatic rings. The largest absolute Gasteiger partial charge is 0.325 e. The molecule has 2 aromatic heterocycles. The number of aromatic nitrogens is 5. The lowest BCUT2D eigenvalue weighted by Crippen LogP contribution is -2.23. The lowest BCUT2D eigenvalue weighted by Gasteiger charge is -2.10. The molecule has 0 unspecified atom stereocenters. The number of thioether (sulfide) groups is 1. The third kappa shape index (κ3) is 4.86. The lowest BCUT2D eigenvalue weighted by atomic mass is 10.2. The van der Waals surface area contributed by atoms with E-state index in [0.29, 0.717) is 27.9 Å². The Morgan fingerprint density at radius 2 is 1.74 bits per heavy atom. The fraction of sp³-hybridized carbons (Fsp3) is 0.0952. The van der Waals surface area contributed by atoms with E-state index in [1.165, 1.54) is 30.0 Å². The first-order chi connectivity index (χ1) is 15.0. The van der Waals surface area contributed by atoms with Crippen molar-refractivity contribution in [3.05, 3.63) is 104 Å². The molecule has 0 amide bonds. The molecule has 0 bridgehead atoms. The molecule has 2 heterocycles. The van der Waals surface area contributed by atoms with Crippen molar-refractivity contribution in [2.75, 3.05) is 5.75 Å². The van der Waals surface area contributed by atoms with Crippen molar-refractivity contribution >= 4 is 17.5 Å². The molecule has 0 saturated carbocycles. The molecule has 0 aliphatic rings. The highest BCUT2D eigenvalue weighted by Gasteiger charge is 2.17. The fourth-order valence-electron chi connectivity index (χ4n) is 2.98. The standard InChI is InChI=1S/C21H16FN5O3S/c22-14-6-8-16(9-7-14)27-18(10-15-11-19(29)24-20(30)23-15)25-26-21(27)31-12-17(28)13-4-2-1-3-5-13/h1-9,11H,10,12H2,(H2,23,24,29,30). The molecule has 0 aliphatic heterocycles. The van der Waals surface area contributed by atoms with Gasteiger partial charge in [-0.3, -0.25) is 19.1 Å². The molecule has 31 heavy (non-hydrogen) atoms. The summed E-state index contributed by atoms with van der Waals surface area (Å²) in [6.45, 7) is 0. The molecule has 10 heteroatoms. The number of hydrogen-bond donors (Lipinski definition) is 2. The summed E-state index contributed by atoms with van der Waals surface area (Å²) >= 11 is 1.19. The number of hydrogen-bond acceptors (Lipinski definition) is 6. The number of nitrogens with zero attached hydrogens (tertiary/aromatic N) is 3. The number of carbonyl (C=O) groups excluding carboxylic acids is 1. The summed E-state index contributed by atoms with van der Waals surface area (Å²) in [5.74, 6) is 0.0820. The van der Waals surface area contributed by atoms with Crippen molar-refractivity contribution in [1.29, 1.82) is 0 Å². The zero-order valence-corrected chi connectivity index (χ0v) is 16.9. The van der Waals surface area contributed by atoms with Gasteiger partial charge < -0.3 is 4.98 Å². The van der Waals surface area contributed by atoms with Gasteiger partial charge in [-0.15, -0.1) is 10.2 Å². The number of halogens is 1. The average molecular weight is 437 g/mol. The summed E-state index contributed by atoms with van der Waals surface area (Å²) in [7, 11) is 0. The van der Waals surface area contributed by atoms with Crippen LogP contribution in [0.25, 0.3) is 5.69 Å². The predicted octanol–water partition coefficient (Wildman–Crippen LogP) is 2.35. The van der Waals surface area contributed by atoms with E-state index in [9.17, 15) is 18.8 Å². The molecule has 0 aliphatic carbocycles. The second-order valence-electron chi connectivity index (χ2n) is 6.58. The Balaban J connectivity index is 1.66. The molecular weight excluding hydrogens is 421 g/mol. The second kappa shape index (κ2) is 8.92. The number of rotatable bonds is 7. The number of aromatic amines is 2. The monoisotopic (exact) mass is 437 g/mol. The van der Waals surface area contributed by atoms with Gasteiger partial charge in [0.2, 0.25) is 0 Å². The zero-order chi connectivity index (χ0) is 21.8. The Morgan fingerprint density at radius 1 is 1.00 bits per heavy atom. The zero-order valence-electron chi connectivity index (χ0n) is 16.0. The quantitative estimate of drug-likeness (QED) is 0.339. The van der Waals surface area contributed by atoms with Gasteiger partial charge in [0.1, 0.15) is 11.6 Å². The molecule has 2 N–H and O–H groups in total. The van der Waals surface area contributed by atoms with Gasteiger partial charge in [-0.25, -0.2) is 9.18 Å². The third-order valence-electron chi connectivity index (χ3n) is 4.38. The van der Waals surface area contributed by atoms with E-state index in [2.05, 4.69) is 20.2 Å². The summed E-state index contributed by atoms with van der Waals surface area (Å²) < 4.78 is 15.1. The predicted molar refractivity (Wildman–Crippen MR) is 113 cm³/mol.